The van der Waals surface area contributed by atoms with Crippen LogP contribution in [0.1, 0.15) is 58.4 Å². The zero-order chi connectivity index (χ0) is 38.0. The highest BCUT2D eigenvalue weighted by atomic mass is 32.1. The Bertz CT molecular complexity index is 1300. The summed E-state index contributed by atoms with van der Waals surface area (Å²) in [6.45, 7) is 5.18. The zero-order valence-corrected chi connectivity index (χ0v) is 29.5. The fraction of sp³-hybridized carbons (Fsp3) is 0.594. The molecule has 18 heteroatoms. The number of unbranched alkanes of at least 4 members (excludes halogenated alkanes) is 1. The summed E-state index contributed by atoms with van der Waals surface area (Å²) < 4.78 is 0. The molecule has 1 rings (SSSR count). The van der Waals surface area contributed by atoms with Gasteiger partial charge in [-0.3, -0.25) is 33.6 Å². The quantitative estimate of drug-likeness (QED) is 0.0412. The lowest BCUT2D eigenvalue weighted by molar-refractivity contribution is -0.141. The normalized spacial score (nSPS) is 15.3. The van der Waals surface area contributed by atoms with Crippen LogP contribution in [0.4, 0.5) is 0 Å². The van der Waals surface area contributed by atoms with E-state index in [4.69, 9.17) is 17.2 Å². The molecular weight excluding hydrogens is 672 g/mol. The predicted molar refractivity (Wildman–Crippen MR) is 187 cm³/mol. The molecule has 0 saturated carbocycles. The molecule has 50 heavy (non-hydrogen) atoms. The van der Waals surface area contributed by atoms with Gasteiger partial charge in [-0.1, -0.05) is 44.2 Å². The van der Waals surface area contributed by atoms with Crippen LogP contribution in [-0.2, 0) is 40.0 Å². The summed E-state index contributed by atoms with van der Waals surface area (Å²) in [5.74, 6) is -6.88. The van der Waals surface area contributed by atoms with Crippen molar-refractivity contribution in [2.75, 3.05) is 12.3 Å². The van der Waals surface area contributed by atoms with Gasteiger partial charge in [0.05, 0.1) is 18.6 Å². The number of hydrogen-bond acceptors (Lipinski definition) is 11. The number of hydrogen-bond donors (Lipinski definition) is 11. The van der Waals surface area contributed by atoms with Crippen LogP contribution < -0.4 is 43.8 Å². The number of nitrogens with two attached hydrogens (primary N) is 3. The van der Waals surface area contributed by atoms with Crippen molar-refractivity contribution in [3.05, 3.63) is 35.9 Å². The highest BCUT2D eigenvalue weighted by Crippen LogP contribution is 2.10. The SMILES string of the molecule is CC(C)C[C@H](NC(=O)[C@H](CC(=O)O)NC(=O)[C@H](Cc1ccccc1)NC(=O)[C@@H](NC(=O)[C@@H](N)CS)[C@@H](C)O)C(=O)N[C@@H](CCCCN)C(N)=O. The molecule has 0 spiro atoms. The lowest BCUT2D eigenvalue weighted by Crippen LogP contribution is -2.61. The lowest BCUT2D eigenvalue weighted by Gasteiger charge is -2.28. The van der Waals surface area contributed by atoms with Crippen LogP contribution in [0.15, 0.2) is 30.3 Å². The molecule has 0 aliphatic heterocycles. The summed E-state index contributed by atoms with van der Waals surface area (Å²) in [6.07, 6.45) is -1.04. The molecule has 0 aromatic heterocycles. The molecule has 17 nitrogen and oxygen atoms in total. The number of benzene rings is 1. The molecule has 1 aromatic rings. The minimum absolute atomic E-state index is 0.0494. The summed E-state index contributed by atoms with van der Waals surface area (Å²) in [5.41, 5.74) is 17.2. The fourth-order valence-electron chi connectivity index (χ4n) is 4.75. The first-order valence-corrected chi connectivity index (χ1v) is 16.9. The molecule has 1 aromatic carbocycles. The van der Waals surface area contributed by atoms with Crippen LogP contribution in [0.3, 0.4) is 0 Å². The minimum atomic E-state index is -1.71. The van der Waals surface area contributed by atoms with Gasteiger partial charge in [0.25, 0.3) is 0 Å². The maximum Gasteiger partial charge on any atom is 0.305 e. The van der Waals surface area contributed by atoms with Gasteiger partial charge in [0, 0.05) is 12.2 Å². The summed E-state index contributed by atoms with van der Waals surface area (Å²) >= 11 is 3.96. The molecule has 280 valence electrons. The Kier molecular flexibility index (Phi) is 19.7. The van der Waals surface area contributed by atoms with E-state index in [1.165, 1.54) is 6.92 Å². The number of aliphatic hydroxyl groups excluding tert-OH is 1. The van der Waals surface area contributed by atoms with Crippen molar-refractivity contribution in [3.8, 4) is 0 Å². The van der Waals surface area contributed by atoms with Crippen LogP contribution in [-0.4, -0.2) is 106 Å². The first-order chi connectivity index (χ1) is 23.5. The topological polar surface area (TPSA) is 298 Å². The Morgan fingerprint density at radius 2 is 1.30 bits per heavy atom. The van der Waals surface area contributed by atoms with Gasteiger partial charge >= 0.3 is 5.97 Å². The molecule has 7 atom stereocenters. The molecule has 0 aliphatic carbocycles. The Morgan fingerprint density at radius 1 is 0.760 bits per heavy atom. The van der Waals surface area contributed by atoms with Gasteiger partial charge in [0.1, 0.15) is 30.2 Å². The van der Waals surface area contributed by atoms with E-state index in [0.717, 1.165) is 0 Å². The van der Waals surface area contributed by atoms with Crippen molar-refractivity contribution in [1.82, 2.24) is 26.6 Å². The summed E-state index contributed by atoms with van der Waals surface area (Å²) in [6, 6.07) is 0.390. The van der Waals surface area contributed by atoms with Gasteiger partial charge in [-0.25, -0.2) is 0 Å². The molecule has 13 N–H and O–H groups in total. The number of nitrogens with one attached hydrogen (secondary N) is 5. The summed E-state index contributed by atoms with van der Waals surface area (Å²) in [5, 5.41) is 32.0. The number of thiol groups is 1. The van der Waals surface area contributed by atoms with Crippen molar-refractivity contribution < 1.29 is 43.8 Å². The molecular formula is C32H52N8O9S. The number of carboxylic acid groups (broad SMARTS) is 1. The molecule has 0 heterocycles. The van der Waals surface area contributed by atoms with Crippen molar-refractivity contribution in [3.63, 3.8) is 0 Å². The smallest absolute Gasteiger partial charge is 0.305 e. The molecule has 0 saturated heterocycles. The van der Waals surface area contributed by atoms with Gasteiger partial charge in [0.2, 0.25) is 35.4 Å². The van der Waals surface area contributed by atoms with E-state index in [-0.39, 0.29) is 30.9 Å². The Labute approximate surface area is 297 Å². The van der Waals surface area contributed by atoms with Crippen LogP contribution in [0, 0.1) is 5.92 Å². The Balaban J connectivity index is 3.32. The van der Waals surface area contributed by atoms with E-state index < -0.39 is 90.2 Å². The van der Waals surface area contributed by atoms with E-state index in [0.29, 0.717) is 24.9 Å². The average molecular weight is 725 g/mol. The average Bonchev–Trinajstić information content (AvgIpc) is 3.04. The van der Waals surface area contributed by atoms with E-state index in [9.17, 15) is 43.8 Å². The third-order valence-electron chi connectivity index (χ3n) is 7.47. The van der Waals surface area contributed by atoms with Crippen LogP contribution in [0.25, 0.3) is 0 Å². The monoisotopic (exact) mass is 724 g/mol. The third kappa shape index (κ3) is 16.0. The maximum absolute atomic E-state index is 13.7. The highest BCUT2D eigenvalue weighted by Gasteiger charge is 2.35. The van der Waals surface area contributed by atoms with E-state index in [1.807, 2.05) is 0 Å². The number of aliphatic hydroxyl groups is 1. The van der Waals surface area contributed by atoms with Crippen molar-refractivity contribution in [1.29, 1.82) is 0 Å². The fourth-order valence-corrected chi connectivity index (χ4v) is 4.92. The van der Waals surface area contributed by atoms with E-state index in [1.54, 1.807) is 44.2 Å². The second kappa shape index (κ2) is 22.5. The van der Waals surface area contributed by atoms with E-state index >= 15 is 0 Å². The molecule has 0 aliphatic rings. The van der Waals surface area contributed by atoms with Crippen LogP contribution >= 0.6 is 12.6 Å². The van der Waals surface area contributed by atoms with Gasteiger partial charge in [-0.2, -0.15) is 12.6 Å². The van der Waals surface area contributed by atoms with Crippen molar-refractivity contribution in [2.45, 2.75) is 102 Å². The molecule has 0 unspecified atom stereocenters. The molecule has 0 radical (unpaired) electrons. The van der Waals surface area contributed by atoms with Gasteiger partial charge in [-0.05, 0) is 50.6 Å². The number of carbonyl (C=O) groups excluding carboxylic acids is 6. The molecule has 0 fully saturated rings. The van der Waals surface area contributed by atoms with E-state index in [2.05, 4.69) is 39.2 Å². The maximum atomic E-state index is 13.7. The number of carboxylic acids is 1. The van der Waals surface area contributed by atoms with Crippen molar-refractivity contribution in [2.24, 2.45) is 23.1 Å². The first kappa shape index (κ1) is 43.8. The van der Waals surface area contributed by atoms with Gasteiger partial charge in [-0.15, -0.1) is 0 Å². The number of primary amides is 1. The van der Waals surface area contributed by atoms with Crippen LogP contribution in [0.5, 0.6) is 0 Å². The largest absolute Gasteiger partial charge is 0.481 e. The van der Waals surface area contributed by atoms with Crippen molar-refractivity contribution >= 4 is 54.0 Å². The summed E-state index contributed by atoms with van der Waals surface area (Å²) in [4.78, 5) is 89.9. The lowest BCUT2D eigenvalue weighted by atomic mass is 10.0. The Hall–Kier alpha value is -4.26. The van der Waals surface area contributed by atoms with Gasteiger partial charge in [0.15, 0.2) is 0 Å². The second-order valence-electron chi connectivity index (χ2n) is 12.4. The molecule has 6 amide bonds. The number of rotatable bonds is 23. The first-order valence-electron chi connectivity index (χ1n) is 16.3. The van der Waals surface area contributed by atoms with Gasteiger partial charge < -0.3 is 54.0 Å². The zero-order valence-electron chi connectivity index (χ0n) is 28.6. The minimum Gasteiger partial charge on any atom is -0.481 e. The highest BCUT2D eigenvalue weighted by molar-refractivity contribution is 7.80. The summed E-state index contributed by atoms with van der Waals surface area (Å²) in [7, 11) is 0. The standard InChI is InChI=1S/C32H52N8O9S/c1-17(2)13-22(29(46)36-21(27(35)44)11-7-8-12-33)37-31(48)24(15-25(42)43)38-30(47)23(14-19-9-5-4-6-10-19)39-32(49)26(18(3)41)40-28(45)20(34)16-50/h4-6,9-10,17-18,20-24,26,41,50H,7-8,11-16,33-34H2,1-3H3,(H2,35,44)(H,36,46)(H,37,48)(H,38,47)(H,39,49)(H,40,45)(H,42,43)/t18-,20+,21+,22+,23+,24+,26+/m1/s1. The second-order valence-corrected chi connectivity index (χ2v) is 12.7. The molecule has 0 bridgehead atoms. The number of aliphatic carboxylic acids is 1. The predicted octanol–water partition coefficient (Wildman–Crippen LogP) is -2.57. The third-order valence-corrected chi connectivity index (χ3v) is 7.86. The van der Waals surface area contributed by atoms with Crippen LogP contribution in [0.2, 0.25) is 0 Å². The number of amides is 6. The Morgan fingerprint density at radius 3 is 1.82 bits per heavy atom. The number of carbonyl (C=O) groups is 7.